The lowest BCUT2D eigenvalue weighted by Gasteiger charge is -2.19. The highest BCUT2D eigenvalue weighted by molar-refractivity contribution is 7.80. The van der Waals surface area contributed by atoms with Crippen molar-refractivity contribution >= 4 is 22.9 Å². The maximum Gasteiger partial charge on any atom is 0.262 e. The van der Waals surface area contributed by atoms with E-state index in [9.17, 15) is 13.6 Å². The minimum atomic E-state index is -2.26. The second kappa shape index (κ2) is 7.89. The van der Waals surface area contributed by atoms with E-state index in [1.54, 1.807) is 12.1 Å². The molecule has 0 fully saturated rings. The number of hydrogen-bond acceptors (Lipinski definition) is 2. The topological polar surface area (TPSA) is 69.6 Å². The third kappa shape index (κ3) is 5.19. The Labute approximate surface area is 138 Å². The summed E-state index contributed by atoms with van der Waals surface area (Å²) in [7, 11) is 0. The Bertz CT molecular complexity index is 684. The summed E-state index contributed by atoms with van der Waals surface area (Å²) in [6.07, 6.45) is 0. The van der Waals surface area contributed by atoms with Crippen molar-refractivity contribution in [2.24, 2.45) is 0 Å². The van der Waals surface area contributed by atoms with Crippen molar-refractivity contribution in [3.05, 3.63) is 65.2 Å². The summed E-state index contributed by atoms with van der Waals surface area (Å²) in [5, 5.41) is 2.76. The maximum atomic E-state index is 12.0. The molecule has 6 heteroatoms. The van der Waals surface area contributed by atoms with E-state index < -0.39 is 11.3 Å². The van der Waals surface area contributed by atoms with Crippen LogP contribution >= 0.6 is 0 Å². The van der Waals surface area contributed by atoms with E-state index in [2.05, 4.69) is 5.32 Å². The molecule has 0 bridgehead atoms. The van der Waals surface area contributed by atoms with E-state index in [1.807, 2.05) is 50.2 Å². The molecule has 23 heavy (non-hydrogen) atoms. The summed E-state index contributed by atoms with van der Waals surface area (Å²) in [5.41, 5.74) is 3.71. The Hall–Kier alpha value is -2.18. The van der Waals surface area contributed by atoms with Gasteiger partial charge in [0, 0.05) is 6.54 Å². The van der Waals surface area contributed by atoms with Gasteiger partial charge in [0.05, 0.1) is 5.69 Å². The molecule has 0 spiro atoms. The minimum absolute atomic E-state index is 0.183. The van der Waals surface area contributed by atoms with E-state index in [0.29, 0.717) is 12.2 Å². The van der Waals surface area contributed by atoms with Crippen molar-refractivity contribution in [2.45, 2.75) is 20.4 Å². The Morgan fingerprint density at radius 1 is 1.04 bits per heavy atom. The van der Waals surface area contributed by atoms with E-state index >= 15 is 0 Å². The highest BCUT2D eigenvalue weighted by Gasteiger charge is 2.16. The van der Waals surface area contributed by atoms with Crippen molar-refractivity contribution in [1.82, 2.24) is 5.32 Å². The predicted molar refractivity (Wildman–Crippen MR) is 92.3 cm³/mol. The summed E-state index contributed by atoms with van der Waals surface area (Å²) in [6.45, 7) is 4.13. The zero-order valence-corrected chi connectivity index (χ0v) is 14.0. The van der Waals surface area contributed by atoms with Crippen LogP contribution in [0.25, 0.3) is 0 Å². The summed E-state index contributed by atoms with van der Waals surface area (Å²) in [5.74, 6) is -0.312. The number of nitrogens with zero attached hydrogens (tertiary/aromatic N) is 1. The molecule has 2 rings (SSSR count). The quantitative estimate of drug-likeness (QED) is 0.799. The SMILES string of the molecule is Cc1ccc(CNC(=O)CN(c2ccc(C)cc2)S(=O)O)cc1. The lowest BCUT2D eigenvalue weighted by Crippen LogP contribution is -2.37. The number of hydrogen-bond donors (Lipinski definition) is 2. The first-order valence-electron chi connectivity index (χ1n) is 7.23. The van der Waals surface area contributed by atoms with Crippen molar-refractivity contribution in [2.75, 3.05) is 10.8 Å². The van der Waals surface area contributed by atoms with Gasteiger partial charge in [-0.3, -0.25) is 13.7 Å². The second-order valence-electron chi connectivity index (χ2n) is 5.37. The third-order valence-corrected chi connectivity index (χ3v) is 4.12. The van der Waals surface area contributed by atoms with Crippen molar-refractivity contribution in [1.29, 1.82) is 0 Å². The largest absolute Gasteiger partial charge is 0.350 e. The van der Waals surface area contributed by atoms with Crippen LogP contribution in [0.15, 0.2) is 48.5 Å². The molecule has 2 N–H and O–H groups in total. The van der Waals surface area contributed by atoms with Crippen LogP contribution in [-0.2, 0) is 22.6 Å². The standard InChI is InChI=1S/C17H20N2O3S/c1-13-3-7-15(8-4-13)11-18-17(20)12-19(23(21)22)16-9-5-14(2)6-10-16/h3-10H,11-12H2,1-2H3,(H,18,20)(H,21,22). The van der Waals surface area contributed by atoms with Crippen molar-refractivity contribution in [3.8, 4) is 0 Å². The van der Waals surface area contributed by atoms with Crippen LogP contribution < -0.4 is 9.62 Å². The van der Waals surface area contributed by atoms with Crippen LogP contribution in [0.5, 0.6) is 0 Å². The number of carbonyl (C=O) groups is 1. The molecule has 0 aliphatic heterocycles. The van der Waals surface area contributed by atoms with Crippen LogP contribution in [-0.4, -0.2) is 21.2 Å². The minimum Gasteiger partial charge on any atom is -0.350 e. The lowest BCUT2D eigenvalue weighted by molar-refractivity contribution is -0.119. The molecule has 2 aromatic carbocycles. The normalized spacial score (nSPS) is 11.8. The van der Waals surface area contributed by atoms with Crippen molar-refractivity contribution < 1.29 is 13.6 Å². The Balaban J connectivity index is 1.96. The van der Waals surface area contributed by atoms with Crippen LogP contribution in [0.4, 0.5) is 5.69 Å². The highest BCUT2D eigenvalue weighted by Crippen LogP contribution is 2.16. The molecule has 1 unspecified atom stereocenters. The monoisotopic (exact) mass is 332 g/mol. The molecule has 0 saturated heterocycles. The average Bonchev–Trinajstić information content (AvgIpc) is 2.53. The maximum absolute atomic E-state index is 12.0. The molecule has 5 nitrogen and oxygen atoms in total. The van der Waals surface area contributed by atoms with E-state index in [0.717, 1.165) is 21.0 Å². The van der Waals surface area contributed by atoms with Gasteiger partial charge in [0.15, 0.2) is 0 Å². The van der Waals surface area contributed by atoms with Crippen LogP contribution in [0, 0.1) is 13.8 Å². The molecular weight excluding hydrogens is 312 g/mol. The zero-order chi connectivity index (χ0) is 16.8. The van der Waals surface area contributed by atoms with Gasteiger partial charge in [0.1, 0.15) is 6.54 Å². The van der Waals surface area contributed by atoms with E-state index in [1.165, 1.54) is 0 Å². The number of carbonyl (C=O) groups excluding carboxylic acids is 1. The number of amides is 1. The number of rotatable bonds is 6. The molecule has 0 radical (unpaired) electrons. The molecule has 122 valence electrons. The Kier molecular flexibility index (Phi) is 5.90. The molecule has 0 aliphatic carbocycles. The van der Waals surface area contributed by atoms with Gasteiger partial charge in [0.2, 0.25) is 5.91 Å². The van der Waals surface area contributed by atoms with Crippen LogP contribution in [0.3, 0.4) is 0 Å². The Morgan fingerprint density at radius 3 is 2.09 bits per heavy atom. The fourth-order valence-electron chi connectivity index (χ4n) is 2.04. The molecule has 0 heterocycles. The predicted octanol–water partition coefficient (Wildman–Crippen LogP) is 2.56. The molecule has 1 amide bonds. The zero-order valence-electron chi connectivity index (χ0n) is 13.2. The fourth-order valence-corrected chi connectivity index (χ4v) is 2.57. The van der Waals surface area contributed by atoms with Gasteiger partial charge in [-0.1, -0.05) is 47.5 Å². The molecule has 0 aliphatic rings. The molecule has 0 aromatic heterocycles. The molecule has 2 aromatic rings. The van der Waals surface area contributed by atoms with Gasteiger partial charge in [-0.15, -0.1) is 0 Å². The Morgan fingerprint density at radius 2 is 1.57 bits per heavy atom. The summed E-state index contributed by atoms with van der Waals surface area (Å²) in [4.78, 5) is 12.0. The van der Waals surface area contributed by atoms with Gasteiger partial charge in [0.25, 0.3) is 11.3 Å². The number of nitrogens with one attached hydrogen (secondary N) is 1. The number of benzene rings is 2. The van der Waals surface area contributed by atoms with Gasteiger partial charge >= 0.3 is 0 Å². The second-order valence-corrected chi connectivity index (χ2v) is 6.27. The van der Waals surface area contributed by atoms with Gasteiger partial charge in [-0.05, 0) is 31.5 Å². The third-order valence-electron chi connectivity index (χ3n) is 3.41. The summed E-state index contributed by atoms with van der Waals surface area (Å²) >= 11 is -2.26. The number of anilines is 1. The number of aryl methyl sites for hydroxylation is 2. The van der Waals surface area contributed by atoms with Gasteiger partial charge in [-0.25, -0.2) is 4.21 Å². The van der Waals surface area contributed by atoms with Crippen molar-refractivity contribution in [3.63, 3.8) is 0 Å². The molecule has 1 atom stereocenters. The van der Waals surface area contributed by atoms with Gasteiger partial charge < -0.3 is 5.32 Å². The average molecular weight is 332 g/mol. The lowest BCUT2D eigenvalue weighted by atomic mass is 10.1. The van der Waals surface area contributed by atoms with Crippen LogP contribution in [0.1, 0.15) is 16.7 Å². The summed E-state index contributed by atoms with van der Waals surface area (Å²) < 4.78 is 22.0. The first kappa shape index (κ1) is 17.2. The fraction of sp³-hybridized carbons (Fsp3) is 0.235. The molecular formula is C17H20N2O3S. The molecule has 0 saturated carbocycles. The van der Waals surface area contributed by atoms with Gasteiger partial charge in [-0.2, -0.15) is 0 Å². The highest BCUT2D eigenvalue weighted by atomic mass is 32.2. The van der Waals surface area contributed by atoms with E-state index in [-0.39, 0.29) is 12.5 Å². The van der Waals surface area contributed by atoms with Crippen LogP contribution in [0.2, 0.25) is 0 Å². The smallest absolute Gasteiger partial charge is 0.262 e. The summed E-state index contributed by atoms with van der Waals surface area (Å²) in [6, 6.07) is 14.9. The first-order chi connectivity index (χ1) is 11.0. The van der Waals surface area contributed by atoms with E-state index in [4.69, 9.17) is 0 Å². The first-order valence-corrected chi connectivity index (χ1v) is 8.29.